The van der Waals surface area contributed by atoms with Crippen LogP contribution in [0.2, 0.25) is 0 Å². The van der Waals surface area contributed by atoms with Crippen LogP contribution in [0, 0.1) is 0 Å². The van der Waals surface area contributed by atoms with E-state index < -0.39 is 5.97 Å². The van der Waals surface area contributed by atoms with Gasteiger partial charge in [-0.15, -0.1) is 11.8 Å². The fourth-order valence-electron chi connectivity index (χ4n) is 5.31. The molecule has 4 aromatic carbocycles. The number of nitrogens with one attached hydrogen (secondary N) is 1. The number of benzene rings is 4. The van der Waals surface area contributed by atoms with Gasteiger partial charge in [0.1, 0.15) is 11.5 Å². The molecule has 7 nitrogen and oxygen atoms in total. The Hall–Kier alpha value is -3.85. The van der Waals surface area contributed by atoms with E-state index in [0.29, 0.717) is 28.3 Å². The number of phenols is 1. The Labute approximate surface area is 251 Å². The number of esters is 1. The zero-order valence-electron chi connectivity index (χ0n) is 23.9. The molecule has 0 bridgehead atoms. The summed E-state index contributed by atoms with van der Waals surface area (Å²) in [6.45, 7) is 7.55. The highest BCUT2D eigenvalue weighted by molar-refractivity contribution is 7.99. The number of fused-ring (bicyclic) bond motifs is 1. The summed E-state index contributed by atoms with van der Waals surface area (Å²) in [4.78, 5) is 29.1. The number of rotatable bonds is 11. The Balaban J connectivity index is 1.06. The summed E-state index contributed by atoms with van der Waals surface area (Å²) in [6, 6.07) is 29.8. The van der Waals surface area contributed by atoms with Crippen LogP contribution in [-0.2, 0) is 4.79 Å². The van der Waals surface area contributed by atoms with E-state index in [4.69, 9.17) is 4.74 Å². The summed E-state index contributed by atoms with van der Waals surface area (Å²) >= 11 is 2.00. The molecule has 1 amide bonds. The number of thioether (sulfide) groups is 1. The minimum atomic E-state index is -0.441. The molecule has 4 aromatic rings. The Morgan fingerprint density at radius 1 is 0.857 bits per heavy atom. The third-order valence-electron chi connectivity index (χ3n) is 7.53. The van der Waals surface area contributed by atoms with Gasteiger partial charge in [0.2, 0.25) is 0 Å². The lowest BCUT2D eigenvalue weighted by molar-refractivity contribution is -0.131. The van der Waals surface area contributed by atoms with Gasteiger partial charge in [0, 0.05) is 63.9 Å². The van der Waals surface area contributed by atoms with Gasteiger partial charge in [0.05, 0.1) is 10.8 Å². The van der Waals surface area contributed by atoms with Crippen LogP contribution in [0.3, 0.4) is 0 Å². The lowest BCUT2D eigenvalue weighted by Gasteiger charge is -2.34. The number of amides is 1. The second kappa shape index (κ2) is 14.4. The van der Waals surface area contributed by atoms with Gasteiger partial charge >= 0.3 is 5.97 Å². The Morgan fingerprint density at radius 2 is 1.48 bits per heavy atom. The number of carbonyl (C=O) groups is 2. The standard InChI is InChI=1S/C34H37N3O4S/c1-25(38)41-32-14-8-13-28-23-30(31(39)24-29(28)32)34(40)35-15-16-36-17-19-37(20-18-36)21-22-42-33(26-9-4-2-5-10-26)27-11-6-3-7-12-27/h2-14,23-24,33,39H,15-22H2,1H3,(H,35,40). The molecule has 0 aliphatic carbocycles. The fraction of sp³-hybridized carbons (Fsp3) is 0.294. The van der Waals surface area contributed by atoms with Crippen molar-refractivity contribution in [3.05, 3.63) is 108 Å². The molecule has 218 valence electrons. The van der Waals surface area contributed by atoms with Crippen molar-refractivity contribution in [1.82, 2.24) is 15.1 Å². The van der Waals surface area contributed by atoms with Crippen molar-refractivity contribution in [3.8, 4) is 11.5 Å². The second-order valence-electron chi connectivity index (χ2n) is 10.5. The summed E-state index contributed by atoms with van der Waals surface area (Å²) in [5.41, 5.74) is 2.88. The van der Waals surface area contributed by atoms with Crippen molar-refractivity contribution < 1.29 is 19.4 Å². The Morgan fingerprint density at radius 3 is 2.10 bits per heavy atom. The predicted octanol–water partition coefficient (Wildman–Crippen LogP) is 5.34. The van der Waals surface area contributed by atoms with Gasteiger partial charge < -0.3 is 15.2 Å². The SMILES string of the molecule is CC(=O)Oc1cccc2cc(C(=O)NCCN3CCN(CCSC(c4ccccc4)c4ccccc4)CC3)c(O)cc12. The maximum absolute atomic E-state index is 12.9. The van der Waals surface area contributed by atoms with E-state index >= 15 is 0 Å². The quantitative estimate of drug-likeness (QED) is 0.182. The molecule has 1 fully saturated rings. The van der Waals surface area contributed by atoms with Gasteiger partial charge in [-0.25, -0.2) is 0 Å². The van der Waals surface area contributed by atoms with Crippen LogP contribution in [0.15, 0.2) is 91.0 Å². The molecule has 0 saturated carbocycles. The molecule has 0 spiro atoms. The fourth-order valence-corrected chi connectivity index (χ4v) is 6.61. The van der Waals surface area contributed by atoms with Crippen molar-refractivity contribution in [2.24, 2.45) is 0 Å². The molecule has 42 heavy (non-hydrogen) atoms. The van der Waals surface area contributed by atoms with Crippen LogP contribution in [0.4, 0.5) is 0 Å². The number of hydrogen-bond donors (Lipinski definition) is 2. The monoisotopic (exact) mass is 583 g/mol. The van der Waals surface area contributed by atoms with Gasteiger partial charge in [-0.3, -0.25) is 19.4 Å². The van der Waals surface area contributed by atoms with E-state index in [-0.39, 0.29) is 17.2 Å². The Kier molecular flexibility index (Phi) is 10.1. The molecule has 1 saturated heterocycles. The summed E-state index contributed by atoms with van der Waals surface area (Å²) in [5.74, 6) is 0.500. The summed E-state index contributed by atoms with van der Waals surface area (Å²) < 4.78 is 5.23. The number of phenolic OH excluding ortho intramolecular Hbond substituents is 1. The lowest BCUT2D eigenvalue weighted by Crippen LogP contribution is -2.48. The van der Waals surface area contributed by atoms with E-state index in [0.717, 1.165) is 45.0 Å². The molecule has 0 atom stereocenters. The average Bonchev–Trinajstić information content (AvgIpc) is 3.00. The first-order valence-corrected chi connectivity index (χ1v) is 15.4. The van der Waals surface area contributed by atoms with E-state index in [1.165, 1.54) is 24.1 Å². The van der Waals surface area contributed by atoms with E-state index in [1.54, 1.807) is 18.2 Å². The van der Waals surface area contributed by atoms with Crippen molar-refractivity contribution in [3.63, 3.8) is 0 Å². The molecule has 0 radical (unpaired) electrons. The summed E-state index contributed by atoms with van der Waals surface area (Å²) in [5, 5.41) is 15.1. The molecule has 1 aliphatic rings. The highest BCUT2D eigenvalue weighted by atomic mass is 32.2. The lowest BCUT2D eigenvalue weighted by atomic mass is 10.0. The molecular formula is C34H37N3O4S. The van der Waals surface area contributed by atoms with Crippen molar-refractivity contribution in [1.29, 1.82) is 0 Å². The number of piperazine rings is 1. The topological polar surface area (TPSA) is 82.1 Å². The summed E-state index contributed by atoms with van der Waals surface area (Å²) in [7, 11) is 0. The molecule has 1 aliphatic heterocycles. The molecule has 0 unspecified atom stereocenters. The zero-order chi connectivity index (χ0) is 29.3. The van der Waals surface area contributed by atoms with E-state index in [2.05, 4.69) is 75.8 Å². The highest BCUT2D eigenvalue weighted by Gasteiger charge is 2.20. The highest BCUT2D eigenvalue weighted by Crippen LogP contribution is 2.35. The minimum Gasteiger partial charge on any atom is -0.507 e. The van der Waals surface area contributed by atoms with Gasteiger partial charge in [0.25, 0.3) is 5.91 Å². The van der Waals surface area contributed by atoms with Crippen LogP contribution in [0.25, 0.3) is 10.8 Å². The molecule has 5 rings (SSSR count). The van der Waals surface area contributed by atoms with Crippen molar-refractivity contribution in [2.75, 3.05) is 51.6 Å². The van der Waals surface area contributed by atoms with Crippen LogP contribution in [0.1, 0.15) is 33.7 Å². The maximum Gasteiger partial charge on any atom is 0.308 e. The minimum absolute atomic E-state index is 0.146. The van der Waals surface area contributed by atoms with Crippen LogP contribution >= 0.6 is 11.8 Å². The number of ether oxygens (including phenoxy) is 1. The van der Waals surface area contributed by atoms with Gasteiger partial charge in [-0.05, 0) is 34.7 Å². The molecule has 2 N–H and O–H groups in total. The zero-order valence-corrected chi connectivity index (χ0v) is 24.7. The largest absolute Gasteiger partial charge is 0.507 e. The molecule has 1 heterocycles. The van der Waals surface area contributed by atoms with Crippen LogP contribution in [0.5, 0.6) is 11.5 Å². The third-order valence-corrected chi connectivity index (χ3v) is 8.83. The first-order chi connectivity index (χ1) is 20.5. The number of carbonyl (C=O) groups excluding carboxylic acids is 2. The molecule has 8 heteroatoms. The number of hydrogen-bond acceptors (Lipinski definition) is 7. The Bertz CT molecular complexity index is 1450. The van der Waals surface area contributed by atoms with Crippen LogP contribution < -0.4 is 10.1 Å². The van der Waals surface area contributed by atoms with E-state index in [9.17, 15) is 14.7 Å². The van der Waals surface area contributed by atoms with Gasteiger partial charge in [-0.1, -0.05) is 72.8 Å². The maximum atomic E-state index is 12.9. The first-order valence-electron chi connectivity index (χ1n) is 14.4. The number of nitrogens with zero attached hydrogens (tertiary/aromatic N) is 2. The molecular weight excluding hydrogens is 546 g/mol. The number of aromatic hydroxyl groups is 1. The normalized spacial score (nSPS) is 14.2. The van der Waals surface area contributed by atoms with E-state index in [1.807, 2.05) is 17.8 Å². The van der Waals surface area contributed by atoms with Crippen LogP contribution in [-0.4, -0.2) is 78.3 Å². The van der Waals surface area contributed by atoms with Gasteiger partial charge in [0.15, 0.2) is 0 Å². The van der Waals surface area contributed by atoms with Gasteiger partial charge in [-0.2, -0.15) is 0 Å². The third kappa shape index (κ3) is 7.70. The smallest absolute Gasteiger partial charge is 0.308 e. The van der Waals surface area contributed by atoms with Crippen molar-refractivity contribution in [2.45, 2.75) is 12.2 Å². The first kappa shape index (κ1) is 29.6. The predicted molar refractivity (Wildman–Crippen MR) is 169 cm³/mol. The summed E-state index contributed by atoms with van der Waals surface area (Å²) in [6.07, 6.45) is 0. The molecule has 0 aromatic heterocycles. The van der Waals surface area contributed by atoms with Crippen molar-refractivity contribution >= 4 is 34.4 Å². The average molecular weight is 584 g/mol. The second-order valence-corrected chi connectivity index (χ2v) is 11.7.